The molecular weight excluding hydrogens is 332 g/mol. The van der Waals surface area contributed by atoms with Crippen LogP contribution < -0.4 is 20.5 Å². The van der Waals surface area contributed by atoms with Gasteiger partial charge in [0.2, 0.25) is 0 Å². The van der Waals surface area contributed by atoms with Crippen molar-refractivity contribution < 1.29 is 9.53 Å². The first-order valence-electron chi connectivity index (χ1n) is 8.69. The molecular formula is C19H24N4O3. The Morgan fingerprint density at radius 1 is 1.42 bits per heavy atom. The van der Waals surface area contributed by atoms with Gasteiger partial charge in [0.1, 0.15) is 5.75 Å². The number of rotatable bonds is 5. The monoisotopic (exact) mass is 356 g/mol. The molecule has 1 fully saturated rings. The molecule has 0 unspecified atom stereocenters. The van der Waals surface area contributed by atoms with E-state index < -0.39 is 0 Å². The van der Waals surface area contributed by atoms with Gasteiger partial charge >= 0.3 is 0 Å². The van der Waals surface area contributed by atoms with Crippen LogP contribution in [0.25, 0.3) is 0 Å². The van der Waals surface area contributed by atoms with Gasteiger partial charge in [-0.3, -0.25) is 9.59 Å². The molecule has 138 valence electrons. The molecule has 3 rings (SSSR count). The van der Waals surface area contributed by atoms with E-state index >= 15 is 0 Å². The molecule has 1 amide bonds. The Balaban J connectivity index is 1.59. The Kier molecular flexibility index (Phi) is 5.25. The zero-order valence-corrected chi connectivity index (χ0v) is 15.4. The second kappa shape index (κ2) is 7.59. The molecule has 2 heterocycles. The van der Waals surface area contributed by atoms with Crippen molar-refractivity contribution in [3.8, 4) is 5.75 Å². The third kappa shape index (κ3) is 3.71. The highest BCUT2D eigenvalue weighted by atomic mass is 16.5. The predicted octanol–water partition coefficient (Wildman–Crippen LogP) is 1.35. The van der Waals surface area contributed by atoms with Crippen LogP contribution in [0.3, 0.4) is 0 Å². The van der Waals surface area contributed by atoms with E-state index in [4.69, 9.17) is 4.74 Å². The van der Waals surface area contributed by atoms with E-state index in [1.165, 1.54) is 4.68 Å². The molecule has 0 aliphatic carbocycles. The first-order chi connectivity index (χ1) is 12.5. The predicted molar refractivity (Wildman–Crippen MR) is 99.9 cm³/mol. The Bertz CT molecular complexity index is 862. The zero-order chi connectivity index (χ0) is 18.7. The van der Waals surface area contributed by atoms with Crippen LogP contribution in [0.1, 0.15) is 22.3 Å². The summed E-state index contributed by atoms with van der Waals surface area (Å²) >= 11 is 0. The average molecular weight is 356 g/mol. The second-order valence-corrected chi connectivity index (χ2v) is 6.64. The number of hydrogen-bond acceptors (Lipinski definition) is 5. The number of aryl methyl sites for hydroxylation is 2. The molecule has 0 bridgehead atoms. The van der Waals surface area contributed by atoms with Crippen molar-refractivity contribution in [2.45, 2.75) is 13.3 Å². The normalized spacial score (nSPS) is 16.6. The van der Waals surface area contributed by atoms with E-state index in [1.807, 2.05) is 19.1 Å². The summed E-state index contributed by atoms with van der Waals surface area (Å²) in [5, 5.41) is 7.08. The number of para-hydroxylation sites is 1. The lowest BCUT2D eigenvalue weighted by molar-refractivity contribution is 0.0945. The van der Waals surface area contributed by atoms with Crippen molar-refractivity contribution >= 4 is 11.6 Å². The highest BCUT2D eigenvalue weighted by molar-refractivity contribution is 5.97. The van der Waals surface area contributed by atoms with Gasteiger partial charge in [0, 0.05) is 32.7 Å². The number of methoxy groups -OCH3 is 1. The maximum Gasteiger partial charge on any atom is 0.268 e. The zero-order valence-electron chi connectivity index (χ0n) is 15.4. The standard InChI is InChI=1S/C19H24N4O3/c1-13-5-4-6-16(18(13)26-3)19(25)20-10-14-7-8-23(12-14)15-9-17(24)22(2)21-11-15/h4-6,9,11,14H,7-8,10,12H2,1-3H3,(H,20,25)/t14-/m1/s1. The summed E-state index contributed by atoms with van der Waals surface area (Å²) in [6.07, 6.45) is 2.67. The van der Waals surface area contributed by atoms with Gasteiger partial charge in [-0.25, -0.2) is 4.68 Å². The molecule has 0 spiro atoms. The maximum absolute atomic E-state index is 12.5. The highest BCUT2D eigenvalue weighted by Crippen LogP contribution is 2.24. The first-order valence-corrected chi connectivity index (χ1v) is 8.69. The van der Waals surface area contributed by atoms with E-state index in [2.05, 4.69) is 15.3 Å². The first kappa shape index (κ1) is 18.0. The minimum Gasteiger partial charge on any atom is -0.496 e. The third-order valence-electron chi connectivity index (χ3n) is 4.82. The summed E-state index contributed by atoms with van der Waals surface area (Å²) in [5.41, 5.74) is 2.21. The SMILES string of the molecule is COc1c(C)cccc1C(=O)NC[C@H]1CCN(c2cnn(C)c(=O)c2)C1. The lowest BCUT2D eigenvalue weighted by atomic mass is 10.1. The molecule has 1 aromatic carbocycles. The molecule has 2 aromatic rings. The Morgan fingerprint density at radius 2 is 2.23 bits per heavy atom. The quantitative estimate of drug-likeness (QED) is 0.875. The molecule has 26 heavy (non-hydrogen) atoms. The highest BCUT2D eigenvalue weighted by Gasteiger charge is 2.24. The number of ether oxygens (including phenoxy) is 1. The smallest absolute Gasteiger partial charge is 0.268 e. The summed E-state index contributed by atoms with van der Waals surface area (Å²) in [5.74, 6) is 0.822. The van der Waals surface area contributed by atoms with Crippen molar-refractivity contribution in [1.29, 1.82) is 0 Å². The van der Waals surface area contributed by atoms with E-state index in [0.29, 0.717) is 23.8 Å². The molecule has 7 nitrogen and oxygen atoms in total. The van der Waals surface area contributed by atoms with Crippen LogP contribution in [-0.2, 0) is 7.05 Å². The van der Waals surface area contributed by atoms with Crippen molar-refractivity contribution in [2.75, 3.05) is 31.6 Å². The summed E-state index contributed by atoms with van der Waals surface area (Å²) in [6, 6.07) is 7.15. The van der Waals surface area contributed by atoms with Crippen LogP contribution in [0, 0.1) is 12.8 Å². The Morgan fingerprint density at radius 3 is 2.96 bits per heavy atom. The minimum absolute atomic E-state index is 0.120. The number of benzene rings is 1. The lowest BCUT2D eigenvalue weighted by Crippen LogP contribution is -2.31. The fourth-order valence-electron chi connectivity index (χ4n) is 3.30. The Labute approximate surface area is 152 Å². The number of amides is 1. The third-order valence-corrected chi connectivity index (χ3v) is 4.82. The molecule has 7 heteroatoms. The van der Waals surface area contributed by atoms with Gasteiger partial charge < -0.3 is 15.0 Å². The van der Waals surface area contributed by atoms with Crippen molar-refractivity contribution in [3.05, 3.63) is 51.9 Å². The van der Waals surface area contributed by atoms with Crippen LogP contribution in [0.4, 0.5) is 5.69 Å². The second-order valence-electron chi connectivity index (χ2n) is 6.64. The Hall–Kier alpha value is -2.83. The molecule has 1 aromatic heterocycles. The molecule has 1 saturated heterocycles. The van der Waals surface area contributed by atoms with E-state index in [-0.39, 0.29) is 11.5 Å². The number of carbonyl (C=O) groups is 1. The van der Waals surface area contributed by atoms with Gasteiger partial charge in [-0.1, -0.05) is 12.1 Å². The number of nitrogens with one attached hydrogen (secondary N) is 1. The molecule has 1 aliphatic rings. The van der Waals surface area contributed by atoms with Crippen LogP contribution >= 0.6 is 0 Å². The number of anilines is 1. The largest absolute Gasteiger partial charge is 0.496 e. The number of hydrogen-bond donors (Lipinski definition) is 1. The summed E-state index contributed by atoms with van der Waals surface area (Å²) in [4.78, 5) is 26.4. The van der Waals surface area contributed by atoms with Gasteiger partial charge in [0.15, 0.2) is 0 Å². The lowest BCUT2D eigenvalue weighted by Gasteiger charge is -2.18. The maximum atomic E-state index is 12.5. The van der Waals surface area contributed by atoms with Gasteiger partial charge in [0.05, 0.1) is 24.6 Å². The molecule has 1 atom stereocenters. The van der Waals surface area contributed by atoms with Crippen molar-refractivity contribution in [1.82, 2.24) is 15.1 Å². The van der Waals surface area contributed by atoms with Crippen LogP contribution in [0.2, 0.25) is 0 Å². The van der Waals surface area contributed by atoms with Gasteiger partial charge in [-0.15, -0.1) is 0 Å². The number of nitrogens with zero attached hydrogens (tertiary/aromatic N) is 3. The van der Waals surface area contributed by atoms with Gasteiger partial charge in [0.25, 0.3) is 11.5 Å². The topological polar surface area (TPSA) is 76.5 Å². The average Bonchev–Trinajstić information content (AvgIpc) is 3.10. The van der Waals surface area contributed by atoms with E-state index in [0.717, 1.165) is 30.8 Å². The summed E-state index contributed by atoms with van der Waals surface area (Å²) < 4.78 is 6.67. The van der Waals surface area contributed by atoms with Crippen LogP contribution in [0.15, 0.2) is 35.3 Å². The molecule has 0 radical (unpaired) electrons. The van der Waals surface area contributed by atoms with Gasteiger partial charge in [-0.05, 0) is 30.9 Å². The van der Waals surface area contributed by atoms with Crippen LogP contribution in [-0.4, -0.2) is 42.4 Å². The van der Waals surface area contributed by atoms with Crippen molar-refractivity contribution in [3.63, 3.8) is 0 Å². The molecule has 1 N–H and O–H groups in total. The van der Waals surface area contributed by atoms with Gasteiger partial charge in [-0.2, -0.15) is 5.10 Å². The number of carbonyl (C=O) groups excluding carboxylic acids is 1. The minimum atomic E-state index is -0.126. The van der Waals surface area contributed by atoms with Crippen LogP contribution in [0.5, 0.6) is 5.75 Å². The van der Waals surface area contributed by atoms with Crippen molar-refractivity contribution in [2.24, 2.45) is 13.0 Å². The summed E-state index contributed by atoms with van der Waals surface area (Å²) in [7, 11) is 3.21. The van der Waals surface area contributed by atoms with E-state index in [9.17, 15) is 9.59 Å². The fourth-order valence-corrected chi connectivity index (χ4v) is 3.30. The molecule has 1 aliphatic heterocycles. The number of aromatic nitrogens is 2. The molecule has 0 saturated carbocycles. The van der Waals surface area contributed by atoms with E-state index in [1.54, 1.807) is 32.5 Å². The fraction of sp³-hybridized carbons (Fsp3) is 0.421. The summed E-state index contributed by atoms with van der Waals surface area (Å²) in [6.45, 7) is 4.15.